The van der Waals surface area contributed by atoms with Gasteiger partial charge >= 0.3 is 0 Å². The molecule has 1 aliphatic rings. The topological polar surface area (TPSA) is 34.4 Å². The number of hydrogen-bond acceptors (Lipinski definition) is 3. The molecule has 0 spiro atoms. The molecule has 0 radical (unpaired) electrons. The van der Waals surface area contributed by atoms with Crippen LogP contribution in [0.25, 0.3) is 11.0 Å². The molecule has 0 saturated heterocycles. The second-order valence-corrected chi connectivity index (χ2v) is 5.26. The van der Waals surface area contributed by atoms with E-state index in [0.717, 1.165) is 37.3 Å². The lowest BCUT2D eigenvalue weighted by Crippen LogP contribution is -2.45. The fourth-order valence-corrected chi connectivity index (χ4v) is 2.79. The lowest BCUT2D eigenvalue weighted by atomic mass is 9.89. The van der Waals surface area contributed by atoms with Gasteiger partial charge in [0, 0.05) is 30.1 Å². The van der Waals surface area contributed by atoms with E-state index in [1.165, 1.54) is 10.9 Å². The van der Waals surface area contributed by atoms with Crippen LogP contribution in [0.15, 0.2) is 28.7 Å². The fourth-order valence-electron chi connectivity index (χ4n) is 2.79. The Morgan fingerprint density at radius 3 is 2.89 bits per heavy atom. The maximum Gasteiger partial charge on any atom is 0.134 e. The summed E-state index contributed by atoms with van der Waals surface area (Å²) in [6, 6.07) is 8.83. The van der Waals surface area contributed by atoms with Crippen LogP contribution in [-0.2, 0) is 11.3 Å². The molecule has 1 aliphatic carbocycles. The van der Waals surface area contributed by atoms with Gasteiger partial charge in [-0.25, -0.2) is 0 Å². The smallest absolute Gasteiger partial charge is 0.134 e. The Morgan fingerprint density at radius 1 is 1.32 bits per heavy atom. The summed E-state index contributed by atoms with van der Waals surface area (Å²) in [5, 5.41) is 4.83. The van der Waals surface area contributed by atoms with Gasteiger partial charge in [0.05, 0.1) is 6.10 Å². The fraction of sp³-hybridized carbons (Fsp3) is 0.500. The van der Waals surface area contributed by atoms with E-state index in [1.54, 1.807) is 0 Å². The Kier molecular flexibility index (Phi) is 3.58. The molecule has 1 fully saturated rings. The molecule has 1 saturated carbocycles. The average Bonchev–Trinajstić information content (AvgIpc) is 2.68. The molecule has 3 heteroatoms. The lowest BCUT2D eigenvalue weighted by molar-refractivity contribution is -0.0102. The molecule has 3 nitrogen and oxygen atoms in total. The quantitative estimate of drug-likeness (QED) is 0.893. The van der Waals surface area contributed by atoms with Crippen LogP contribution in [0.2, 0.25) is 0 Å². The second-order valence-electron chi connectivity index (χ2n) is 5.26. The van der Waals surface area contributed by atoms with Crippen molar-refractivity contribution in [1.82, 2.24) is 5.32 Å². The molecule has 0 bridgehead atoms. The molecular weight excluding hydrogens is 238 g/mol. The van der Waals surface area contributed by atoms with Crippen molar-refractivity contribution < 1.29 is 9.15 Å². The number of aryl methyl sites for hydroxylation is 1. The number of rotatable bonds is 5. The van der Waals surface area contributed by atoms with Gasteiger partial charge in [0.25, 0.3) is 0 Å². The molecule has 0 aliphatic heterocycles. The molecule has 1 aromatic heterocycles. The highest BCUT2D eigenvalue weighted by molar-refractivity contribution is 5.82. The van der Waals surface area contributed by atoms with E-state index in [9.17, 15) is 0 Å². The van der Waals surface area contributed by atoms with Crippen molar-refractivity contribution in [2.24, 2.45) is 0 Å². The van der Waals surface area contributed by atoms with Crippen LogP contribution in [-0.4, -0.2) is 18.8 Å². The lowest BCUT2D eigenvalue weighted by Gasteiger charge is -2.35. The van der Waals surface area contributed by atoms with Gasteiger partial charge in [-0.15, -0.1) is 0 Å². The molecule has 0 unspecified atom stereocenters. The summed E-state index contributed by atoms with van der Waals surface area (Å²) >= 11 is 0. The summed E-state index contributed by atoms with van der Waals surface area (Å²) < 4.78 is 11.4. The van der Waals surface area contributed by atoms with Crippen molar-refractivity contribution in [2.45, 2.75) is 45.4 Å². The molecule has 1 aromatic carbocycles. The summed E-state index contributed by atoms with van der Waals surface area (Å²) in [7, 11) is 0. The van der Waals surface area contributed by atoms with Crippen LogP contribution < -0.4 is 5.32 Å². The van der Waals surface area contributed by atoms with E-state index in [1.807, 2.05) is 19.1 Å². The Balaban J connectivity index is 1.62. The third kappa shape index (κ3) is 2.53. The van der Waals surface area contributed by atoms with Gasteiger partial charge in [0.1, 0.15) is 11.3 Å². The summed E-state index contributed by atoms with van der Waals surface area (Å²) in [6.07, 6.45) is 2.72. The molecule has 3 rings (SSSR count). The van der Waals surface area contributed by atoms with Crippen molar-refractivity contribution in [3.8, 4) is 0 Å². The largest absolute Gasteiger partial charge is 0.461 e. The van der Waals surface area contributed by atoms with Crippen molar-refractivity contribution in [2.75, 3.05) is 6.61 Å². The molecule has 102 valence electrons. The predicted octanol–water partition coefficient (Wildman–Crippen LogP) is 3.40. The van der Waals surface area contributed by atoms with Gasteiger partial charge in [-0.05, 0) is 32.8 Å². The minimum absolute atomic E-state index is 0.463. The number of hydrogen-bond donors (Lipinski definition) is 1. The van der Waals surface area contributed by atoms with Crippen LogP contribution in [0.1, 0.15) is 31.1 Å². The molecule has 1 heterocycles. The van der Waals surface area contributed by atoms with Gasteiger partial charge < -0.3 is 14.5 Å². The van der Waals surface area contributed by atoms with Crippen molar-refractivity contribution in [1.29, 1.82) is 0 Å². The Bertz CT molecular complexity index is 555. The number of furan rings is 1. The molecule has 1 N–H and O–H groups in total. The van der Waals surface area contributed by atoms with E-state index in [-0.39, 0.29) is 0 Å². The summed E-state index contributed by atoms with van der Waals surface area (Å²) in [6.45, 7) is 5.80. The maximum absolute atomic E-state index is 5.78. The third-order valence-electron chi connectivity index (χ3n) is 3.96. The summed E-state index contributed by atoms with van der Waals surface area (Å²) in [5.74, 6) is 1.02. The SMILES string of the molecule is CCOC1CC(NCc2c(C)oc3ccccc23)C1. The number of benzene rings is 1. The van der Waals surface area contributed by atoms with Crippen LogP contribution in [0.3, 0.4) is 0 Å². The first-order chi connectivity index (χ1) is 9.28. The standard InChI is InChI=1S/C16H21NO2/c1-3-18-13-8-12(9-13)17-10-15-11(2)19-16-7-5-4-6-14(15)16/h4-7,12-13,17H,3,8-10H2,1-2H3. The predicted molar refractivity (Wildman–Crippen MR) is 76.2 cm³/mol. The minimum atomic E-state index is 0.463. The summed E-state index contributed by atoms with van der Waals surface area (Å²) in [5.41, 5.74) is 2.27. The highest BCUT2D eigenvalue weighted by atomic mass is 16.5. The molecule has 2 aromatic rings. The maximum atomic E-state index is 5.78. The zero-order valence-electron chi connectivity index (χ0n) is 11.6. The Hall–Kier alpha value is -1.32. The van der Waals surface area contributed by atoms with Crippen molar-refractivity contribution >= 4 is 11.0 Å². The van der Waals surface area contributed by atoms with Gasteiger partial charge in [0.2, 0.25) is 0 Å². The first kappa shape index (κ1) is 12.7. The molecule has 0 atom stereocenters. The normalized spacial score (nSPS) is 22.6. The summed E-state index contributed by atoms with van der Waals surface area (Å²) in [4.78, 5) is 0. The highest BCUT2D eigenvalue weighted by Crippen LogP contribution is 2.27. The highest BCUT2D eigenvalue weighted by Gasteiger charge is 2.29. The van der Waals surface area contributed by atoms with Crippen LogP contribution in [0, 0.1) is 6.92 Å². The van der Waals surface area contributed by atoms with E-state index in [4.69, 9.17) is 9.15 Å². The molecule has 19 heavy (non-hydrogen) atoms. The average molecular weight is 259 g/mol. The van der Waals surface area contributed by atoms with E-state index < -0.39 is 0 Å². The Labute approximate surface area is 113 Å². The minimum Gasteiger partial charge on any atom is -0.461 e. The number of fused-ring (bicyclic) bond motifs is 1. The zero-order valence-corrected chi connectivity index (χ0v) is 11.6. The zero-order chi connectivity index (χ0) is 13.2. The van der Waals surface area contributed by atoms with Gasteiger partial charge in [0.15, 0.2) is 0 Å². The Morgan fingerprint density at radius 2 is 2.11 bits per heavy atom. The molecular formula is C16H21NO2. The van der Waals surface area contributed by atoms with E-state index in [0.29, 0.717) is 12.1 Å². The number of ether oxygens (including phenoxy) is 1. The van der Waals surface area contributed by atoms with E-state index >= 15 is 0 Å². The van der Waals surface area contributed by atoms with E-state index in [2.05, 4.69) is 24.4 Å². The van der Waals surface area contributed by atoms with Crippen molar-refractivity contribution in [3.63, 3.8) is 0 Å². The van der Waals surface area contributed by atoms with Crippen molar-refractivity contribution in [3.05, 3.63) is 35.6 Å². The molecule has 0 amide bonds. The van der Waals surface area contributed by atoms with Gasteiger partial charge in [-0.2, -0.15) is 0 Å². The third-order valence-corrected chi connectivity index (χ3v) is 3.96. The number of nitrogens with one attached hydrogen (secondary N) is 1. The van der Waals surface area contributed by atoms with Crippen LogP contribution in [0.5, 0.6) is 0 Å². The second kappa shape index (κ2) is 5.35. The first-order valence-corrected chi connectivity index (χ1v) is 7.10. The van der Waals surface area contributed by atoms with Crippen LogP contribution in [0.4, 0.5) is 0 Å². The first-order valence-electron chi connectivity index (χ1n) is 7.10. The number of para-hydroxylation sites is 1. The monoisotopic (exact) mass is 259 g/mol. The van der Waals surface area contributed by atoms with Gasteiger partial charge in [-0.1, -0.05) is 18.2 Å². The van der Waals surface area contributed by atoms with Gasteiger partial charge in [-0.3, -0.25) is 0 Å². The van der Waals surface area contributed by atoms with Crippen LogP contribution >= 0.6 is 0 Å².